The molecule has 3 atom stereocenters. The van der Waals surface area contributed by atoms with Gasteiger partial charge >= 0.3 is 0 Å². The molecule has 4 nitrogen and oxygen atoms in total. The fourth-order valence-corrected chi connectivity index (χ4v) is 2.74. The Hall–Kier alpha value is -2.20. The Morgan fingerprint density at radius 3 is 2.50 bits per heavy atom. The number of benzene rings is 1. The minimum absolute atomic E-state index is 0.00416. The third kappa shape index (κ3) is 1.98. The number of carbonyl (C=O) groups is 1. The molecule has 1 aromatic heterocycles. The van der Waals surface area contributed by atoms with Gasteiger partial charge in [-0.25, -0.2) is 0 Å². The highest BCUT2D eigenvalue weighted by Gasteiger charge is 2.48. The Morgan fingerprint density at radius 1 is 1.15 bits per heavy atom. The van der Waals surface area contributed by atoms with Crippen molar-refractivity contribution in [2.45, 2.75) is 25.0 Å². The maximum Gasteiger partial charge on any atom is 0.243 e. The lowest BCUT2D eigenvalue weighted by molar-refractivity contribution is -0.154. The summed E-state index contributed by atoms with van der Waals surface area (Å²) in [6.45, 7) is 2.02. The molecule has 0 saturated carbocycles. The van der Waals surface area contributed by atoms with Crippen molar-refractivity contribution >= 4 is 5.91 Å². The van der Waals surface area contributed by atoms with E-state index in [-0.39, 0.29) is 18.0 Å². The first-order valence-corrected chi connectivity index (χ1v) is 6.74. The zero-order chi connectivity index (χ0) is 14.1. The fraction of sp³-hybridized carbons (Fsp3) is 0.250. The van der Waals surface area contributed by atoms with E-state index in [0.717, 1.165) is 11.3 Å². The molecule has 4 heteroatoms. The van der Waals surface area contributed by atoms with Crippen LogP contribution in [0.5, 0.6) is 0 Å². The van der Waals surface area contributed by atoms with Crippen LogP contribution in [0.2, 0.25) is 0 Å². The number of hydrogen-bond acceptors (Lipinski definition) is 3. The van der Waals surface area contributed by atoms with Gasteiger partial charge in [-0.1, -0.05) is 36.4 Å². The minimum atomic E-state index is -0.490. The van der Waals surface area contributed by atoms with Gasteiger partial charge in [0.2, 0.25) is 5.91 Å². The number of amides is 1. The Labute approximate surface area is 118 Å². The molecule has 0 radical (unpaired) electrons. The highest BCUT2D eigenvalue weighted by Crippen LogP contribution is 2.39. The van der Waals surface area contributed by atoms with Gasteiger partial charge in [-0.2, -0.15) is 0 Å². The average molecular weight is 267 g/mol. The monoisotopic (exact) mass is 267 g/mol. The molecule has 2 N–H and O–H groups in total. The molecule has 20 heavy (non-hydrogen) atoms. The molecule has 2 heterocycles. The van der Waals surface area contributed by atoms with Crippen LogP contribution in [-0.2, 0) is 4.79 Å². The Kier molecular flexibility index (Phi) is 3.24. The third-order valence-corrected chi connectivity index (χ3v) is 3.87. The molecule has 0 aliphatic carbocycles. The van der Waals surface area contributed by atoms with Crippen molar-refractivity contribution in [3.8, 4) is 0 Å². The lowest BCUT2D eigenvalue weighted by atomic mass is 9.88. The summed E-state index contributed by atoms with van der Waals surface area (Å²) in [5.41, 5.74) is 7.93. The van der Waals surface area contributed by atoms with Gasteiger partial charge in [-0.15, -0.1) is 0 Å². The SMILES string of the molecule is C[C@H](c1ccccc1)N1C(=O)[C@H](N)[C@H]1c1ccccn1. The maximum absolute atomic E-state index is 12.1. The second-order valence-electron chi connectivity index (χ2n) is 5.06. The van der Waals surface area contributed by atoms with Crippen LogP contribution in [0.15, 0.2) is 54.7 Å². The van der Waals surface area contributed by atoms with Crippen LogP contribution in [0.3, 0.4) is 0 Å². The zero-order valence-corrected chi connectivity index (χ0v) is 11.3. The summed E-state index contributed by atoms with van der Waals surface area (Å²) in [4.78, 5) is 18.3. The number of aromatic nitrogens is 1. The second-order valence-corrected chi connectivity index (χ2v) is 5.06. The summed E-state index contributed by atoms with van der Waals surface area (Å²) < 4.78 is 0. The fourth-order valence-electron chi connectivity index (χ4n) is 2.74. The predicted octanol–water partition coefficient (Wildman–Crippen LogP) is 2.05. The van der Waals surface area contributed by atoms with Crippen LogP contribution in [-0.4, -0.2) is 21.8 Å². The van der Waals surface area contributed by atoms with Crippen LogP contribution >= 0.6 is 0 Å². The highest BCUT2D eigenvalue weighted by molar-refractivity contribution is 5.89. The van der Waals surface area contributed by atoms with Gasteiger partial charge in [-0.05, 0) is 24.6 Å². The summed E-state index contributed by atoms with van der Waals surface area (Å²) in [5, 5.41) is 0. The van der Waals surface area contributed by atoms with Crippen molar-refractivity contribution in [1.29, 1.82) is 0 Å². The Morgan fingerprint density at radius 2 is 1.85 bits per heavy atom. The quantitative estimate of drug-likeness (QED) is 0.866. The number of nitrogens with two attached hydrogens (primary N) is 1. The molecular weight excluding hydrogens is 250 g/mol. The van der Waals surface area contributed by atoms with E-state index in [1.54, 1.807) is 6.20 Å². The van der Waals surface area contributed by atoms with Gasteiger partial charge < -0.3 is 10.6 Å². The van der Waals surface area contributed by atoms with Crippen LogP contribution in [0.1, 0.15) is 30.3 Å². The normalized spacial score (nSPS) is 23.3. The molecule has 0 spiro atoms. The van der Waals surface area contributed by atoms with Crippen molar-refractivity contribution < 1.29 is 4.79 Å². The number of hydrogen-bond donors (Lipinski definition) is 1. The largest absolute Gasteiger partial charge is 0.324 e. The number of carbonyl (C=O) groups excluding carboxylic acids is 1. The van der Waals surface area contributed by atoms with E-state index < -0.39 is 6.04 Å². The predicted molar refractivity (Wildman–Crippen MR) is 76.7 cm³/mol. The number of likely N-dealkylation sites (tertiary alicyclic amines) is 1. The maximum atomic E-state index is 12.1. The lowest BCUT2D eigenvalue weighted by Crippen LogP contribution is -2.63. The molecule has 0 unspecified atom stereocenters. The minimum Gasteiger partial charge on any atom is -0.324 e. The summed E-state index contributed by atoms with van der Waals surface area (Å²) in [6, 6.07) is 15.0. The first-order valence-electron chi connectivity index (χ1n) is 6.74. The molecule has 2 aromatic rings. The standard InChI is InChI=1S/C16H17N3O/c1-11(12-7-3-2-4-8-12)19-15(14(17)16(19)20)13-9-5-6-10-18-13/h2-11,14-15H,17H2,1H3/t11-,14-,15-/m1/s1. The number of rotatable bonds is 3. The Balaban J connectivity index is 1.90. The molecule has 1 amide bonds. The van der Waals surface area contributed by atoms with E-state index in [9.17, 15) is 4.79 Å². The van der Waals surface area contributed by atoms with Gasteiger partial charge in [-0.3, -0.25) is 9.78 Å². The van der Waals surface area contributed by atoms with Crippen molar-refractivity contribution in [3.05, 3.63) is 66.0 Å². The molecule has 3 rings (SSSR count). The van der Waals surface area contributed by atoms with Crippen LogP contribution in [0.25, 0.3) is 0 Å². The summed E-state index contributed by atoms with van der Waals surface area (Å²) in [5.74, 6) is -0.0167. The van der Waals surface area contributed by atoms with E-state index in [0.29, 0.717) is 0 Å². The summed E-state index contributed by atoms with van der Waals surface area (Å²) >= 11 is 0. The van der Waals surface area contributed by atoms with E-state index in [4.69, 9.17) is 5.73 Å². The van der Waals surface area contributed by atoms with E-state index in [1.165, 1.54) is 0 Å². The third-order valence-electron chi connectivity index (χ3n) is 3.87. The van der Waals surface area contributed by atoms with E-state index in [1.807, 2.05) is 60.4 Å². The highest BCUT2D eigenvalue weighted by atomic mass is 16.2. The summed E-state index contributed by atoms with van der Waals surface area (Å²) in [6.07, 6.45) is 1.73. The van der Waals surface area contributed by atoms with Gasteiger partial charge in [0.1, 0.15) is 6.04 Å². The van der Waals surface area contributed by atoms with Crippen molar-refractivity contribution in [3.63, 3.8) is 0 Å². The van der Waals surface area contributed by atoms with Gasteiger partial charge in [0.25, 0.3) is 0 Å². The first-order chi connectivity index (χ1) is 9.70. The molecule has 102 valence electrons. The number of pyridine rings is 1. The second kappa shape index (κ2) is 5.06. The van der Waals surface area contributed by atoms with Gasteiger partial charge in [0.15, 0.2) is 0 Å². The molecule has 1 aliphatic heterocycles. The van der Waals surface area contributed by atoms with Crippen molar-refractivity contribution in [2.75, 3.05) is 0 Å². The molecule has 1 aliphatic rings. The number of β-lactam (4-membered cyclic amide) rings is 1. The van der Waals surface area contributed by atoms with Gasteiger partial charge in [0, 0.05) is 6.20 Å². The number of nitrogens with zero attached hydrogens (tertiary/aromatic N) is 2. The van der Waals surface area contributed by atoms with Crippen LogP contribution in [0, 0.1) is 0 Å². The molecule has 1 fully saturated rings. The van der Waals surface area contributed by atoms with Crippen molar-refractivity contribution in [1.82, 2.24) is 9.88 Å². The lowest BCUT2D eigenvalue weighted by Gasteiger charge is -2.48. The summed E-state index contributed by atoms with van der Waals surface area (Å²) in [7, 11) is 0. The smallest absolute Gasteiger partial charge is 0.243 e. The molecular formula is C16H17N3O. The molecule has 0 bridgehead atoms. The van der Waals surface area contributed by atoms with E-state index in [2.05, 4.69) is 4.98 Å². The van der Waals surface area contributed by atoms with Crippen LogP contribution < -0.4 is 5.73 Å². The average Bonchev–Trinajstić information content (AvgIpc) is 2.52. The van der Waals surface area contributed by atoms with Gasteiger partial charge in [0.05, 0.1) is 17.8 Å². The van der Waals surface area contributed by atoms with Crippen molar-refractivity contribution in [2.24, 2.45) is 5.73 Å². The molecule has 1 saturated heterocycles. The first kappa shape index (κ1) is 12.8. The zero-order valence-electron chi connectivity index (χ0n) is 11.3. The Bertz CT molecular complexity index is 600. The van der Waals surface area contributed by atoms with Crippen LogP contribution in [0.4, 0.5) is 0 Å². The topological polar surface area (TPSA) is 59.2 Å². The molecule has 1 aromatic carbocycles. The van der Waals surface area contributed by atoms with E-state index >= 15 is 0 Å².